The molecule has 0 fully saturated rings. The molecule has 0 aliphatic rings. The smallest absolute Gasteiger partial charge is 0.262 e. The van der Waals surface area contributed by atoms with Crippen molar-refractivity contribution in [1.29, 1.82) is 0 Å². The van der Waals surface area contributed by atoms with Gasteiger partial charge in [0.1, 0.15) is 5.75 Å². The lowest BCUT2D eigenvalue weighted by molar-refractivity contribution is -0.118. The molecular weight excluding hydrogens is 459 g/mol. The molecule has 0 atom stereocenters. The van der Waals surface area contributed by atoms with E-state index in [9.17, 15) is 13.2 Å². The topological polar surface area (TPSA) is 75.7 Å². The molecule has 6 nitrogen and oxygen atoms in total. The molecule has 1 amide bonds. The SMILES string of the molecule is CS(=O)(=O)N(Cc1ccc(Cl)cc1)c1ccc(OCC(=O)Nc2ccc(Cl)cc2)cc1. The van der Waals surface area contributed by atoms with Crippen LogP contribution >= 0.6 is 23.2 Å². The highest BCUT2D eigenvalue weighted by molar-refractivity contribution is 7.92. The average Bonchev–Trinajstić information content (AvgIpc) is 2.73. The van der Waals surface area contributed by atoms with Crippen LogP contribution in [0, 0.1) is 0 Å². The van der Waals surface area contributed by atoms with Gasteiger partial charge in [-0.05, 0) is 66.2 Å². The second-order valence-electron chi connectivity index (χ2n) is 6.73. The van der Waals surface area contributed by atoms with Crippen LogP contribution in [0.15, 0.2) is 72.8 Å². The number of ether oxygens (including phenoxy) is 1. The van der Waals surface area contributed by atoms with Crippen molar-refractivity contribution in [1.82, 2.24) is 0 Å². The Kier molecular flexibility index (Phi) is 7.43. The van der Waals surface area contributed by atoms with Crippen molar-refractivity contribution in [2.75, 3.05) is 22.5 Å². The summed E-state index contributed by atoms with van der Waals surface area (Å²) in [6.07, 6.45) is 1.15. The first kappa shape index (κ1) is 22.9. The Morgan fingerprint density at radius 1 is 0.903 bits per heavy atom. The number of nitrogens with zero attached hydrogens (tertiary/aromatic N) is 1. The minimum Gasteiger partial charge on any atom is -0.484 e. The minimum atomic E-state index is -3.52. The summed E-state index contributed by atoms with van der Waals surface area (Å²) in [4.78, 5) is 12.0. The number of hydrogen-bond acceptors (Lipinski definition) is 4. The van der Waals surface area contributed by atoms with Crippen molar-refractivity contribution >= 4 is 50.5 Å². The van der Waals surface area contributed by atoms with Crippen LogP contribution in [-0.4, -0.2) is 27.2 Å². The normalized spacial score (nSPS) is 11.1. The van der Waals surface area contributed by atoms with Crippen molar-refractivity contribution in [3.05, 3.63) is 88.4 Å². The Morgan fingerprint density at radius 3 is 2.00 bits per heavy atom. The van der Waals surface area contributed by atoms with Gasteiger partial charge in [0.05, 0.1) is 18.5 Å². The van der Waals surface area contributed by atoms with Gasteiger partial charge in [-0.25, -0.2) is 8.42 Å². The van der Waals surface area contributed by atoms with Gasteiger partial charge in [-0.15, -0.1) is 0 Å². The Morgan fingerprint density at radius 2 is 1.45 bits per heavy atom. The number of amides is 1. The number of sulfonamides is 1. The Balaban J connectivity index is 1.63. The summed E-state index contributed by atoms with van der Waals surface area (Å²) in [5.41, 5.74) is 1.89. The summed E-state index contributed by atoms with van der Waals surface area (Å²) >= 11 is 11.7. The van der Waals surface area contributed by atoms with Gasteiger partial charge < -0.3 is 10.1 Å². The molecule has 3 aromatic rings. The van der Waals surface area contributed by atoms with E-state index in [2.05, 4.69) is 5.32 Å². The highest BCUT2D eigenvalue weighted by atomic mass is 35.5. The van der Waals surface area contributed by atoms with Gasteiger partial charge >= 0.3 is 0 Å². The first-order valence-electron chi connectivity index (χ1n) is 9.21. The zero-order valence-corrected chi connectivity index (χ0v) is 18.9. The van der Waals surface area contributed by atoms with Crippen molar-refractivity contribution < 1.29 is 17.9 Å². The predicted octanol–water partition coefficient (Wildman–Crippen LogP) is 4.98. The first-order valence-corrected chi connectivity index (χ1v) is 11.8. The van der Waals surface area contributed by atoms with E-state index in [1.807, 2.05) is 0 Å². The largest absolute Gasteiger partial charge is 0.484 e. The Hall–Kier alpha value is -2.74. The zero-order valence-electron chi connectivity index (χ0n) is 16.6. The summed E-state index contributed by atoms with van der Waals surface area (Å²) in [5, 5.41) is 3.86. The summed E-state index contributed by atoms with van der Waals surface area (Å²) in [6, 6.07) is 20.2. The van der Waals surface area contributed by atoms with Crippen LogP contribution in [0.4, 0.5) is 11.4 Å². The molecule has 0 radical (unpaired) electrons. The standard InChI is InChI=1S/C22H20Cl2N2O4S/c1-31(28,29)26(14-16-2-4-17(23)5-3-16)20-10-12-21(13-11-20)30-15-22(27)25-19-8-6-18(24)7-9-19/h2-13H,14-15H2,1H3,(H,25,27). The maximum atomic E-state index is 12.3. The molecule has 31 heavy (non-hydrogen) atoms. The molecular formula is C22H20Cl2N2O4S. The van der Waals surface area contributed by atoms with Crippen LogP contribution in [0.3, 0.4) is 0 Å². The molecule has 0 aliphatic carbocycles. The first-order chi connectivity index (χ1) is 14.7. The Bertz CT molecular complexity index is 1130. The highest BCUT2D eigenvalue weighted by Crippen LogP contribution is 2.24. The summed E-state index contributed by atoms with van der Waals surface area (Å²) < 4.78 is 31.4. The number of rotatable bonds is 8. The van der Waals surface area contributed by atoms with Crippen LogP contribution in [-0.2, 0) is 21.4 Å². The number of hydrogen-bond donors (Lipinski definition) is 1. The highest BCUT2D eigenvalue weighted by Gasteiger charge is 2.18. The number of benzene rings is 3. The van der Waals surface area contributed by atoms with Crippen molar-refractivity contribution in [3.8, 4) is 5.75 Å². The van der Waals surface area contributed by atoms with Crippen LogP contribution in [0.25, 0.3) is 0 Å². The second-order valence-corrected chi connectivity index (χ2v) is 9.51. The van der Waals surface area contributed by atoms with Gasteiger partial charge in [0.25, 0.3) is 5.91 Å². The van der Waals surface area contributed by atoms with Gasteiger partial charge in [-0.1, -0.05) is 35.3 Å². The van der Waals surface area contributed by atoms with Gasteiger partial charge in [0.15, 0.2) is 6.61 Å². The van der Waals surface area contributed by atoms with Crippen LogP contribution in [0.2, 0.25) is 10.0 Å². The molecule has 0 saturated heterocycles. The molecule has 0 heterocycles. The van der Waals surface area contributed by atoms with E-state index >= 15 is 0 Å². The quantitative estimate of drug-likeness (QED) is 0.495. The van der Waals surface area contributed by atoms with E-state index in [0.29, 0.717) is 27.2 Å². The third kappa shape index (κ3) is 6.89. The third-order valence-electron chi connectivity index (χ3n) is 4.26. The maximum Gasteiger partial charge on any atom is 0.262 e. The zero-order chi connectivity index (χ0) is 22.4. The lowest BCUT2D eigenvalue weighted by Gasteiger charge is -2.23. The number of carbonyl (C=O) groups is 1. The fourth-order valence-electron chi connectivity index (χ4n) is 2.74. The fourth-order valence-corrected chi connectivity index (χ4v) is 3.88. The molecule has 0 unspecified atom stereocenters. The average molecular weight is 479 g/mol. The number of halogens is 2. The van der Waals surface area contributed by atoms with Gasteiger partial charge in [-0.2, -0.15) is 0 Å². The van der Waals surface area contributed by atoms with E-state index in [4.69, 9.17) is 27.9 Å². The van der Waals surface area contributed by atoms with Crippen LogP contribution in [0.1, 0.15) is 5.56 Å². The van der Waals surface area contributed by atoms with Crippen molar-refractivity contribution in [3.63, 3.8) is 0 Å². The monoisotopic (exact) mass is 478 g/mol. The van der Waals surface area contributed by atoms with Crippen LogP contribution < -0.4 is 14.4 Å². The van der Waals surface area contributed by atoms with Gasteiger partial charge in [-0.3, -0.25) is 9.10 Å². The van der Waals surface area contributed by atoms with E-state index in [1.165, 1.54) is 4.31 Å². The summed E-state index contributed by atoms with van der Waals surface area (Å²) in [6.45, 7) is -0.0256. The maximum absolute atomic E-state index is 12.3. The fraction of sp³-hybridized carbons (Fsp3) is 0.136. The molecule has 0 aliphatic heterocycles. The number of anilines is 2. The molecule has 0 saturated carbocycles. The number of nitrogens with one attached hydrogen (secondary N) is 1. The molecule has 3 aromatic carbocycles. The second kappa shape index (κ2) is 10.0. The van der Waals surface area contributed by atoms with Crippen molar-refractivity contribution in [2.45, 2.75) is 6.54 Å². The van der Waals surface area contributed by atoms with E-state index < -0.39 is 10.0 Å². The predicted molar refractivity (Wildman–Crippen MR) is 124 cm³/mol. The van der Waals surface area contributed by atoms with E-state index in [0.717, 1.165) is 11.8 Å². The summed E-state index contributed by atoms with van der Waals surface area (Å²) in [5.74, 6) is 0.113. The van der Waals surface area contributed by atoms with Crippen molar-refractivity contribution in [2.24, 2.45) is 0 Å². The molecule has 9 heteroatoms. The Labute approximate surface area is 191 Å². The lowest BCUT2D eigenvalue weighted by Crippen LogP contribution is -2.29. The van der Waals surface area contributed by atoms with Gasteiger partial charge in [0, 0.05) is 15.7 Å². The molecule has 0 spiro atoms. The molecule has 1 N–H and O–H groups in total. The molecule has 0 bridgehead atoms. The van der Waals surface area contributed by atoms with E-state index in [-0.39, 0.29) is 19.1 Å². The number of carbonyl (C=O) groups excluding carboxylic acids is 1. The molecule has 3 rings (SSSR count). The van der Waals surface area contributed by atoms with E-state index in [1.54, 1.807) is 72.8 Å². The molecule has 0 aromatic heterocycles. The van der Waals surface area contributed by atoms with Gasteiger partial charge in [0.2, 0.25) is 10.0 Å². The lowest BCUT2D eigenvalue weighted by atomic mass is 10.2. The van der Waals surface area contributed by atoms with Crippen LogP contribution in [0.5, 0.6) is 5.75 Å². The molecule has 162 valence electrons. The minimum absolute atomic E-state index is 0.166. The third-order valence-corrected chi connectivity index (χ3v) is 5.91. The summed E-state index contributed by atoms with van der Waals surface area (Å²) in [7, 11) is -3.52.